The van der Waals surface area contributed by atoms with Crippen molar-refractivity contribution in [3.05, 3.63) is 0 Å². The van der Waals surface area contributed by atoms with E-state index in [0.717, 1.165) is 11.8 Å². The molecule has 2 unspecified atom stereocenters. The molecule has 2 atom stereocenters. The van der Waals surface area contributed by atoms with Crippen LogP contribution in [-0.2, 0) is 0 Å². The third kappa shape index (κ3) is 2.72. The maximum atomic E-state index is 2.36. The average Bonchev–Trinajstić information content (AvgIpc) is 1.83. The van der Waals surface area contributed by atoms with E-state index in [1.54, 1.807) is 0 Å². The standard InChI is InChI=1S/C10H22/c1-7-8(2)9(3)10(4,5)6/h8-9H,7H2,1-6H3. The minimum absolute atomic E-state index is 0.482. The fourth-order valence-corrected chi connectivity index (χ4v) is 1.21. The van der Waals surface area contributed by atoms with E-state index in [1.807, 2.05) is 0 Å². The lowest BCUT2D eigenvalue weighted by Crippen LogP contribution is -2.23. The minimum Gasteiger partial charge on any atom is -0.0651 e. The lowest BCUT2D eigenvalue weighted by molar-refractivity contribution is 0.184. The number of rotatable bonds is 2. The maximum absolute atomic E-state index is 2.36. The molecule has 0 N–H and O–H groups in total. The van der Waals surface area contributed by atoms with Crippen molar-refractivity contribution in [2.24, 2.45) is 17.3 Å². The smallest absolute Gasteiger partial charge is 0.0354 e. The minimum atomic E-state index is 0.482. The molecule has 0 aromatic carbocycles. The fourth-order valence-electron chi connectivity index (χ4n) is 1.21. The van der Waals surface area contributed by atoms with E-state index < -0.39 is 0 Å². The van der Waals surface area contributed by atoms with E-state index in [-0.39, 0.29) is 0 Å². The second-order valence-corrected chi connectivity index (χ2v) is 4.54. The monoisotopic (exact) mass is 142 g/mol. The van der Waals surface area contributed by atoms with Crippen molar-refractivity contribution in [1.29, 1.82) is 0 Å². The van der Waals surface area contributed by atoms with E-state index in [4.69, 9.17) is 0 Å². The molecule has 0 aliphatic carbocycles. The molecule has 0 saturated carbocycles. The molecule has 0 aromatic rings. The van der Waals surface area contributed by atoms with Crippen LogP contribution in [0.5, 0.6) is 0 Å². The van der Waals surface area contributed by atoms with Gasteiger partial charge in [0.15, 0.2) is 0 Å². The molecule has 0 spiro atoms. The summed E-state index contributed by atoms with van der Waals surface area (Å²) in [4.78, 5) is 0. The lowest BCUT2D eigenvalue weighted by atomic mass is 9.74. The van der Waals surface area contributed by atoms with Crippen LogP contribution in [0.3, 0.4) is 0 Å². The van der Waals surface area contributed by atoms with Gasteiger partial charge in [0.2, 0.25) is 0 Å². The van der Waals surface area contributed by atoms with Gasteiger partial charge in [-0.05, 0) is 17.3 Å². The predicted octanol–water partition coefficient (Wildman–Crippen LogP) is 3.71. The van der Waals surface area contributed by atoms with Gasteiger partial charge in [-0.2, -0.15) is 0 Å². The largest absolute Gasteiger partial charge is 0.0651 e. The van der Waals surface area contributed by atoms with Crippen LogP contribution in [-0.4, -0.2) is 0 Å². The van der Waals surface area contributed by atoms with Gasteiger partial charge >= 0.3 is 0 Å². The highest BCUT2D eigenvalue weighted by atomic mass is 14.3. The summed E-state index contributed by atoms with van der Waals surface area (Å²) in [5, 5.41) is 0. The van der Waals surface area contributed by atoms with Gasteiger partial charge in [-0.25, -0.2) is 0 Å². The van der Waals surface area contributed by atoms with Crippen LogP contribution in [0.2, 0.25) is 0 Å². The van der Waals surface area contributed by atoms with Crippen molar-refractivity contribution < 1.29 is 0 Å². The topological polar surface area (TPSA) is 0 Å². The summed E-state index contributed by atoms with van der Waals surface area (Å²) in [6.45, 7) is 13.9. The Bertz CT molecular complexity index is 86.7. The Morgan fingerprint density at radius 2 is 1.50 bits per heavy atom. The van der Waals surface area contributed by atoms with Gasteiger partial charge in [-0.15, -0.1) is 0 Å². The third-order valence-corrected chi connectivity index (χ3v) is 2.86. The summed E-state index contributed by atoms with van der Waals surface area (Å²) in [6, 6.07) is 0. The molecule has 62 valence electrons. The first-order chi connectivity index (χ1) is 4.39. The maximum Gasteiger partial charge on any atom is -0.0354 e. The van der Waals surface area contributed by atoms with Crippen LogP contribution in [0.4, 0.5) is 0 Å². The highest BCUT2D eigenvalue weighted by Gasteiger charge is 2.23. The Labute approximate surface area is 66.0 Å². The normalized spacial score (nSPS) is 18.6. The highest BCUT2D eigenvalue weighted by Crippen LogP contribution is 2.32. The molecule has 0 aliphatic rings. The van der Waals surface area contributed by atoms with Crippen LogP contribution in [0, 0.1) is 17.3 Å². The van der Waals surface area contributed by atoms with E-state index in [9.17, 15) is 0 Å². The van der Waals surface area contributed by atoms with E-state index >= 15 is 0 Å². The van der Waals surface area contributed by atoms with Gasteiger partial charge in [0.05, 0.1) is 0 Å². The van der Waals surface area contributed by atoms with Gasteiger partial charge in [-0.3, -0.25) is 0 Å². The fraction of sp³-hybridized carbons (Fsp3) is 1.00. The first kappa shape index (κ1) is 10.0. The van der Waals surface area contributed by atoms with E-state index in [1.165, 1.54) is 6.42 Å². The molecule has 0 heterocycles. The summed E-state index contributed by atoms with van der Waals surface area (Å²) >= 11 is 0. The molecule has 0 fully saturated rings. The van der Waals surface area contributed by atoms with E-state index in [2.05, 4.69) is 41.5 Å². The Hall–Kier alpha value is 0. The van der Waals surface area contributed by atoms with Crippen molar-refractivity contribution in [3.63, 3.8) is 0 Å². The van der Waals surface area contributed by atoms with Crippen LogP contribution < -0.4 is 0 Å². The molecule has 0 aliphatic heterocycles. The quantitative estimate of drug-likeness (QED) is 0.551. The molecule has 0 radical (unpaired) electrons. The van der Waals surface area contributed by atoms with Crippen molar-refractivity contribution in [2.45, 2.75) is 48.0 Å². The first-order valence-electron chi connectivity index (χ1n) is 4.39. The van der Waals surface area contributed by atoms with Gasteiger partial charge in [0, 0.05) is 0 Å². The van der Waals surface area contributed by atoms with Crippen molar-refractivity contribution in [3.8, 4) is 0 Å². The zero-order chi connectivity index (χ0) is 8.36. The molecular weight excluding hydrogens is 120 g/mol. The van der Waals surface area contributed by atoms with Crippen LogP contribution in [0.1, 0.15) is 48.0 Å². The van der Waals surface area contributed by atoms with Gasteiger partial charge in [-0.1, -0.05) is 48.0 Å². The Kier molecular flexibility index (Phi) is 3.41. The SMILES string of the molecule is CCC(C)C(C)C(C)(C)C. The second-order valence-electron chi connectivity index (χ2n) is 4.54. The van der Waals surface area contributed by atoms with Crippen molar-refractivity contribution >= 4 is 0 Å². The molecule has 0 bridgehead atoms. The van der Waals surface area contributed by atoms with E-state index in [0.29, 0.717) is 5.41 Å². The molecule has 0 nitrogen and oxygen atoms in total. The zero-order valence-corrected chi connectivity index (χ0v) is 8.36. The summed E-state index contributed by atoms with van der Waals surface area (Å²) in [5.41, 5.74) is 0.482. The average molecular weight is 142 g/mol. The first-order valence-corrected chi connectivity index (χ1v) is 4.39. The van der Waals surface area contributed by atoms with Crippen molar-refractivity contribution in [1.82, 2.24) is 0 Å². The summed E-state index contributed by atoms with van der Waals surface area (Å²) in [6.07, 6.45) is 1.30. The summed E-state index contributed by atoms with van der Waals surface area (Å²) in [7, 11) is 0. The molecule has 10 heavy (non-hydrogen) atoms. The third-order valence-electron chi connectivity index (χ3n) is 2.86. The lowest BCUT2D eigenvalue weighted by Gasteiger charge is -2.31. The van der Waals surface area contributed by atoms with Gasteiger partial charge < -0.3 is 0 Å². The highest BCUT2D eigenvalue weighted by molar-refractivity contribution is 4.73. The molecule has 0 amide bonds. The Balaban J connectivity index is 3.94. The molecule has 0 saturated heterocycles. The zero-order valence-electron chi connectivity index (χ0n) is 8.36. The summed E-state index contributed by atoms with van der Waals surface area (Å²) in [5.74, 6) is 1.69. The molecular formula is C10H22. The molecule has 0 heteroatoms. The van der Waals surface area contributed by atoms with Crippen LogP contribution in [0.25, 0.3) is 0 Å². The Morgan fingerprint density at radius 3 is 1.60 bits per heavy atom. The molecule has 0 aromatic heterocycles. The Morgan fingerprint density at radius 1 is 1.10 bits per heavy atom. The predicted molar refractivity (Wildman–Crippen MR) is 48.1 cm³/mol. The van der Waals surface area contributed by atoms with Crippen molar-refractivity contribution in [2.75, 3.05) is 0 Å². The van der Waals surface area contributed by atoms with Gasteiger partial charge in [0.25, 0.3) is 0 Å². The molecule has 0 rings (SSSR count). The van der Waals surface area contributed by atoms with Crippen LogP contribution >= 0.6 is 0 Å². The summed E-state index contributed by atoms with van der Waals surface area (Å²) < 4.78 is 0. The van der Waals surface area contributed by atoms with Gasteiger partial charge in [0.1, 0.15) is 0 Å². The second kappa shape index (κ2) is 3.41. The number of hydrogen-bond donors (Lipinski definition) is 0. The number of hydrogen-bond acceptors (Lipinski definition) is 0. The van der Waals surface area contributed by atoms with Crippen LogP contribution in [0.15, 0.2) is 0 Å².